The van der Waals surface area contributed by atoms with Crippen molar-refractivity contribution in [2.24, 2.45) is 11.5 Å². The Labute approximate surface area is 267 Å². The first-order chi connectivity index (χ1) is 21.3. The molecule has 0 aliphatic carbocycles. The molecule has 0 bridgehead atoms. The fraction of sp³-hybridized carbons (Fsp3) is 0.407. The lowest BCUT2D eigenvalue weighted by atomic mass is 10.1. The molecule has 0 unspecified atom stereocenters. The number of nitrogens with two attached hydrogens (primary N) is 2. The minimum absolute atomic E-state index is 0.0180. The number of carbonyl (C=O) groups is 8. The van der Waals surface area contributed by atoms with Crippen molar-refractivity contribution < 1.29 is 49.1 Å². The predicted molar refractivity (Wildman–Crippen MR) is 162 cm³/mol. The zero-order valence-corrected chi connectivity index (χ0v) is 25.4. The Bertz CT molecular complexity index is 1140. The smallest absolute Gasteiger partial charge is 0.338 e. The molecular formula is C27H44N11O8-5. The Morgan fingerprint density at radius 3 is 1.30 bits per heavy atom. The van der Waals surface area contributed by atoms with E-state index >= 15 is 0 Å². The highest BCUT2D eigenvalue weighted by atomic mass is 16.2. The highest BCUT2D eigenvalue weighted by molar-refractivity contribution is 5.98. The topological polar surface area (TPSA) is 314 Å². The van der Waals surface area contributed by atoms with Crippen molar-refractivity contribution in [3.05, 3.63) is 48.5 Å². The highest BCUT2D eigenvalue weighted by Crippen LogP contribution is 2.00. The fourth-order valence-electron chi connectivity index (χ4n) is 3.10. The molecule has 0 heterocycles. The standard InChI is InChI=1S/C27H42N11O8/c1-12(11-39)32-21(41)14(3)34-24(44)17(6)37-26(46)19(9-8-10-31-27(29)30)38-25(45)18(7)36-23(43)16(5)35-22(42)15(4)33-20(40)13(2)28/h11-19H,1-10,28H2,(H,32,41)(H,33,40)(H,34,44)(H,35,42)(H,36,43)(H,37,46)(H,38,45)(H4,29,30,31)/q-7/p+2/t12-,13-,14-,15-,16-,17-,18-,19-/m0/s1. The number of nitrogens with one attached hydrogen (secondary N) is 8. The highest BCUT2D eigenvalue weighted by Gasteiger charge is 2.24. The van der Waals surface area contributed by atoms with E-state index in [1.807, 2.05) is 0 Å². The van der Waals surface area contributed by atoms with Crippen LogP contribution in [0.3, 0.4) is 0 Å². The maximum absolute atomic E-state index is 13.0. The normalized spacial score (nSPS) is 15.8. The van der Waals surface area contributed by atoms with Crippen molar-refractivity contribution >= 4 is 53.6 Å². The van der Waals surface area contributed by atoms with E-state index in [2.05, 4.69) is 96.4 Å². The van der Waals surface area contributed by atoms with Crippen molar-refractivity contribution in [2.45, 2.75) is 61.2 Å². The number of quaternary nitrogens is 1. The van der Waals surface area contributed by atoms with E-state index in [9.17, 15) is 38.4 Å². The Morgan fingerprint density at radius 1 is 0.587 bits per heavy atom. The van der Waals surface area contributed by atoms with Crippen molar-refractivity contribution in [1.82, 2.24) is 37.2 Å². The lowest BCUT2D eigenvalue weighted by Gasteiger charge is -2.30. The van der Waals surface area contributed by atoms with Gasteiger partial charge >= 0.3 is 5.96 Å². The van der Waals surface area contributed by atoms with E-state index in [0.29, 0.717) is 6.29 Å². The molecule has 0 aliphatic rings. The number of hydrogen-bond acceptors (Lipinski definition) is 8. The molecule has 0 aliphatic heterocycles. The van der Waals surface area contributed by atoms with Crippen LogP contribution in [0.15, 0.2) is 0 Å². The second kappa shape index (κ2) is 20.3. The summed E-state index contributed by atoms with van der Waals surface area (Å²) in [6.45, 7) is 24.4. The lowest BCUT2D eigenvalue weighted by Crippen LogP contribution is -2.78. The molecule has 8 atom stereocenters. The summed E-state index contributed by atoms with van der Waals surface area (Å²) in [6, 6.07) is -10.3. The van der Waals surface area contributed by atoms with Crippen LogP contribution >= 0.6 is 0 Å². The van der Waals surface area contributed by atoms with Gasteiger partial charge in [-0.05, 0) is 49.1 Å². The molecule has 0 radical (unpaired) electrons. The van der Waals surface area contributed by atoms with E-state index < -0.39 is 89.7 Å². The average Bonchev–Trinajstić information content (AvgIpc) is 2.97. The third-order valence-electron chi connectivity index (χ3n) is 5.66. The summed E-state index contributed by atoms with van der Waals surface area (Å²) in [5.74, 6) is -6.07. The first-order valence-electron chi connectivity index (χ1n) is 13.6. The number of carbonyl (C=O) groups excluding carboxylic acids is 8. The molecule has 0 saturated heterocycles. The van der Waals surface area contributed by atoms with Gasteiger partial charge in [0.15, 0.2) is 0 Å². The van der Waals surface area contributed by atoms with E-state index in [0.717, 1.165) is 0 Å². The molecule has 0 spiro atoms. The summed E-state index contributed by atoms with van der Waals surface area (Å²) >= 11 is 0. The van der Waals surface area contributed by atoms with Gasteiger partial charge < -0.3 is 89.3 Å². The first-order valence-corrected chi connectivity index (χ1v) is 13.6. The summed E-state index contributed by atoms with van der Waals surface area (Å²) in [6.07, 6.45) is 0.585. The number of rotatable bonds is 19. The molecule has 0 fully saturated rings. The summed E-state index contributed by atoms with van der Waals surface area (Å²) in [5.41, 5.74) is 14.1. The van der Waals surface area contributed by atoms with Crippen LogP contribution in [0.1, 0.15) is 12.8 Å². The number of guanidine groups is 1. The van der Waals surface area contributed by atoms with Crippen LogP contribution in [-0.4, -0.2) is 108 Å². The number of hydrogen-bond donors (Lipinski definition) is 11. The van der Waals surface area contributed by atoms with Crippen LogP contribution in [-0.2, 0) is 38.4 Å². The van der Waals surface area contributed by atoms with Gasteiger partial charge in [0.1, 0.15) is 12.3 Å². The minimum atomic E-state index is -1.49. The Hall–Kier alpha value is -4.81. The van der Waals surface area contributed by atoms with Crippen LogP contribution in [0.4, 0.5) is 0 Å². The number of amides is 7. The monoisotopic (exact) mass is 650 g/mol. The van der Waals surface area contributed by atoms with Crippen LogP contribution in [0.2, 0.25) is 0 Å². The predicted octanol–water partition coefficient (Wildman–Crippen LogP) is -8.84. The maximum atomic E-state index is 13.0. The molecule has 7 amide bonds. The van der Waals surface area contributed by atoms with Crippen molar-refractivity contribution in [3.8, 4) is 0 Å². The molecule has 0 aromatic carbocycles. The van der Waals surface area contributed by atoms with Gasteiger partial charge in [0.25, 0.3) is 0 Å². The molecule has 0 aromatic rings. The maximum Gasteiger partial charge on any atom is 0.338 e. The van der Waals surface area contributed by atoms with Gasteiger partial charge in [-0.15, -0.1) is 0 Å². The molecule has 46 heavy (non-hydrogen) atoms. The molecule has 0 aromatic heterocycles. The SMILES string of the molecule is [CH2-][C@H]([NH3+])C(=O)N[C@@H]([CH2-])C(=O)N[C@@H]([CH2-])C(=O)N[C@@H]([CH2-])C(=O)N[C@@H](CCC[NH+]=C(N)N)C(=O)N[C@@H]([CH2-])C(=O)N[C@@H]([CH2-])C(=O)N[C@@H]([CH2-])C=O. The quantitative estimate of drug-likeness (QED) is 0.0206. The third kappa shape index (κ3) is 15.8. The molecule has 260 valence electrons. The Kier molecular flexibility index (Phi) is 18.1. The second-order valence-electron chi connectivity index (χ2n) is 9.84. The van der Waals surface area contributed by atoms with Crippen LogP contribution < -0.4 is 59.4 Å². The van der Waals surface area contributed by atoms with Gasteiger partial charge in [-0.3, -0.25) is 56.9 Å². The van der Waals surface area contributed by atoms with Gasteiger partial charge in [-0.2, -0.15) is 0 Å². The Balaban J connectivity index is 5.35. The van der Waals surface area contributed by atoms with Gasteiger partial charge in [0.05, 0.1) is 6.54 Å². The van der Waals surface area contributed by atoms with E-state index in [4.69, 9.17) is 11.5 Å². The van der Waals surface area contributed by atoms with Gasteiger partial charge in [-0.25, -0.2) is 0 Å². The lowest BCUT2D eigenvalue weighted by molar-refractivity contribution is -0.459. The summed E-state index contributed by atoms with van der Waals surface area (Å²) < 4.78 is 0. The largest absolute Gasteiger partial charge is 0.377 e. The van der Waals surface area contributed by atoms with E-state index in [1.165, 1.54) is 0 Å². The minimum Gasteiger partial charge on any atom is -0.377 e. The fourth-order valence-corrected chi connectivity index (χ4v) is 3.10. The summed E-state index contributed by atoms with van der Waals surface area (Å²) in [5, 5.41) is 15.8. The van der Waals surface area contributed by atoms with E-state index in [1.54, 1.807) is 0 Å². The molecule has 15 N–H and O–H groups in total. The van der Waals surface area contributed by atoms with Gasteiger partial charge in [0, 0.05) is 6.04 Å². The zero-order chi connectivity index (χ0) is 35.7. The zero-order valence-electron chi connectivity index (χ0n) is 25.4. The summed E-state index contributed by atoms with van der Waals surface area (Å²) in [4.78, 5) is 100. The van der Waals surface area contributed by atoms with Crippen LogP contribution in [0.5, 0.6) is 0 Å². The van der Waals surface area contributed by atoms with Crippen molar-refractivity contribution in [2.75, 3.05) is 6.54 Å². The molecule has 19 heteroatoms. The molecular weight excluding hydrogens is 606 g/mol. The van der Waals surface area contributed by atoms with Gasteiger partial charge in [0.2, 0.25) is 41.4 Å². The number of aldehydes is 1. The first kappa shape index (κ1) is 41.2. The molecule has 0 rings (SSSR count). The third-order valence-corrected chi connectivity index (χ3v) is 5.66. The van der Waals surface area contributed by atoms with Crippen molar-refractivity contribution in [3.63, 3.8) is 0 Å². The molecule has 0 saturated carbocycles. The average molecular weight is 651 g/mol. The van der Waals surface area contributed by atoms with Crippen LogP contribution in [0.25, 0.3) is 0 Å². The summed E-state index contributed by atoms with van der Waals surface area (Å²) in [7, 11) is 0. The molecule has 19 nitrogen and oxygen atoms in total. The van der Waals surface area contributed by atoms with Crippen LogP contribution in [0, 0.1) is 48.5 Å². The Morgan fingerprint density at radius 2 is 0.935 bits per heavy atom. The second-order valence-corrected chi connectivity index (χ2v) is 9.84. The van der Waals surface area contributed by atoms with E-state index in [-0.39, 0.29) is 25.3 Å². The van der Waals surface area contributed by atoms with Crippen molar-refractivity contribution in [1.29, 1.82) is 0 Å². The van der Waals surface area contributed by atoms with Gasteiger partial charge in [-0.1, -0.05) is 0 Å².